The van der Waals surface area contributed by atoms with Crippen LogP contribution in [0.1, 0.15) is 5.69 Å². The van der Waals surface area contributed by atoms with Gasteiger partial charge in [-0.1, -0.05) is 0 Å². The molecule has 0 spiro atoms. The molecule has 0 atom stereocenters. The Morgan fingerprint density at radius 1 is 0.973 bits per heavy atom. The topological polar surface area (TPSA) is 99.4 Å². The van der Waals surface area contributed by atoms with Crippen molar-refractivity contribution in [2.45, 2.75) is 6.54 Å². The van der Waals surface area contributed by atoms with E-state index in [0.29, 0.717) is 65.8 Å². The van der Waals surface area contributed by atoms with Crippen molar-refractivity contribution in [2.24, 2.45) is 0 Å². The van der Waals surface area contributed by atoms with Gasteiger partial charge in [-0.3, -0.25) is 10.00 Å². The van der Waals surface area contributed by atoms with Crippen LogP contribution in [0.3, 0.4) is 0 Å². The lowest BCUT2D eigenvalue weighted by molar-refractivity contribution is 0.122. The van der Waals surface area contributed by atoms with Gasteiger partial charge in [0.15, 0.2) is 17.2 Å². The first-order chi connectivity index (χ1) is 18.1. The van der Waals surface area contributed by atoms with E-state index in [9.17, 15) is 4.39 Å². The van der Waals surface area contributed by atoms with Gasteiger partial charge in [-0.15, -0.1) is 0 Å². The van der Waals surface area contributed by atoms with Crippen molar-refractivity contribution in [1.82, 2.24) is 34.9 Å². The first-order valence-corrected chi connectivity index (χ1v) is 12.6. The summed E-state index contributed by atoms with van der Waals surface area (Å²) >= 11 is 0. The Balaban J connectivity index is 1.37. The number of rotatable bonds is 4. The summed E-state index contributed by atoms with van der Waals surface area (Å²) in [4.78, 5) is 21.5. The van der Waals surface area contributed by atoms with E-state index in [-0.39, 0.29) is 5.82 Å². The Bertz CT molecular complexity index is 1600. The van der Waals surface area contributed by atoms with Crippen molar-refractivity contribution in [2.75, 3.05) is 64.4 Å². The molecule has 0 bridgehead atoms. The first-order valence-electron chi connectivity index (χ1n) is 12.6. The number of hydrogen-bond acceptors (Lipinski definition) is 9. The van der Waals surface area contributed by atoms with Crippen LogP contribution in [0.4, 0.5) is 10.2 Å². The van der Waals surface area contributed by atoms with Crippen LogP contribution in [0.25, 0.3) is 44.5 Å². The van der Waals surface area contributed by atoms with Crippen molar-refractivity contribution in [1.29, 1.82) is 0 Å². The predicted octanol–water partition coefficient (Wildman–Crippen LogP) is 3.04. The maximum Gasteiger partial charge on any atom is 0.229 e. The third-order valence-electron chi connectivity index (χ3n) is 7.28. The van der Waals surface area contributed by atoms with Gasteiger partial charge in [-0.05, 0) is 31.3 Å². The largest absolute Gasteiger partial charge is 0.432 e. The number of aromatic nitrogens is 5. The van der Waals surface area contributed by atoms with Gasteiger partial charge < -0.3 is 19.0 Å². The number of benzene rings is 1. The lowest BCUT2D eigenvalue weighted by Gasteiger charge is -2.31. The molecule has 0 aliphatic carbocycles. The molecule has 6 heterocycles. The number of fused-ring (bicyclic) bond motifs is 4. The zero-order valence-corrected chi connectivity index (χ0v) is 20.6. The summed E-state index contributed by atoms with van der Waals surface area (Å²) in [6.07, 6.45) is 1.67. The van der Waals surface area contributed by atoms with Crippen LogP contribution in [-0.4, -0.2) is 94.5 Å². The van der Waals surface area contributed by atoms with Gasteiger partial charge in [0.2, 0.25) is 5.71 Å². The molecule has 11 heteroatoms. The molecular formula is C26H27FN8O2. The monoisotopic (exact) mass is 502 g/mol. The van der Waals surface area contributed by atoms with Crippen molar-refractivity contribution < 1.29 is 13.5 Å². The van der Waals surface area contributed by atoms with Gasteiger partial charge in [0.05, 0.1) is 36.0 Å². The number of anilines is 1. The van der Waals surface area contributed by atoms with Crippen LogP contribution in [0.5, 0.6) is 0 Å². The number of hydrogen-bond donors (Lipinski definition) is 1. The molecule has 0 radical (unpaired) electrons. The second-order valence-corrected chi connectivity index (χ2v) is 9.77. The maximum absolute atomic E-state index is 14.5. The summed E-state index contributed by atoms with van der Waals surface area (Å²) in [5.41, 5.74) is 3.93. The normalized spacial score (nSPS) is 17.9. The van der Waals surface area contributed by atoms with E-state index in [4.69, 9.17) is 24.1 Å². The predicted molar refractivity (Wildman–Crippen MR) is 138 cm³/mol. The molecule has 0 unspecified atom stereocenters. The summed E-state index contributed by atoms with van der Waals surface area (Å²) in [6.45, 7) is 7.46. The molecule has 0 saturated carbocycles. The van der Waals surface area contributed by atoms with Crippen molar-refractivity contribution in [3.05, 3.63) is 42.0 Å². The van der Waals surface area contributed by atoms with Gasteiger partial charge in [-0.25, -0.2) is 19.3 Å². The molecule has 2 aliphatic heterocycles. The van der Waals surface area contributed by atoms with E-state index in [1.165, 1.54) is 12.1 Å². The minimum atomic E-state index is -0.379. The third-order valence-corrected chi connectivity index (χ3v) is 7.28. The Hall–Kier alpha value is -3.67. The molecule has 190 valence electrons. The summed E-state index contributed by atoms with van der Waals surface area (Å²) in [6, 6.07) is 6.95. The van der Waals surface area contributed by atoms with E-state index in [0.717, 1.165) is 49.2 Å². The van der Waals surface area contributed by atoms with Crippen molar-refractivity contribution in [3.63, 3.8) is 0 Å². The Morgan fingerprint density at radius 3 is 2.65 bits per heavy atom. The number of piperazine rings is 1. The Labute approximate surface area is 212 Å². The van der Waals surface area contributed by atoms with E-state index >= 15 is 0 Å². The van der Waals surface area contributed by atoms with Crippen LogP contribution in [-0.2, 0) is 11.3 Å². The fourth-order valence-electron chi connectivity index (χ4n) is 5.18. The molecule has 0 amide bonds. The fourth-order valence-corrected chi connectivity index (χ4v) is 5.18. The highest BCUT2D eigenvalue weighted by Crippen LogP contribution is 2.36. The van der Waals surface area contributed by atoms with Crippen molar-refractivity contribution in [3.8, 4) is 11.4 Å². The number of halogens is 1. The molecule has 1 N–H and O–H groups in total. The number of pyridine rings is 1. The highest BCUT2D eigenvalue weighted by Gasteiger charge is 2.24. The number of nitrogens with one attached hydrogen (secondary N) is 1. The lowest BCUT2D eigenvalue weighted by atomic mass is 10.1. The average molecular weight is 503 g/mol. The van der Waals surface area contributed by atoms with Gasteiger partial charge >= 0.3 is 0 Å². The summed E-state index contributed by atoms with van der Waals surface area (Å²) < 4.78 is 26.4. The van der Waals surface area contributed by atoms with E-state index in [2.05, 4.69) is 31.9 Å². The van der Waals surface area contributed by atoms with E-state index < -0.39 is 0 Å². The second kappa shape index (κ2) is 9.02. The Morgan fingerprint density at radius 2 is 1.81 bits per heavy atom. The van der Waals surface area contributed by atoms with Gasteiger partial charge in [-0.2, -0.15) is 5.10 Å². The number of likely N-dealkylation sites (N-methyl/N-ethyl adjacent to an activating group) is 1. The smallest absolute Gasteiger partial charge is 0.229 e. The minimum Gasteiger partial charge on any atom is -0.432 e. The molecule has 2 fully saturated rings. The van der Waals surface area contributed by atoms with Crippen LogP contribution in [0, 0.1) is 5.82 Å². The third kappa shape index (κ3) is 4.08. The number of aromatic amines is 1. The Kier molecular flexibility index (Phi) is 5.49. The molecule has 4 aromatic heterocycles. The highest BCUT2D eigenvalue weighted by atomic mass is 19.1. The highest BCUT2D eigenvalue weighted by molar-refractivity contribution is 6.06. The number of morpholine rings is 1. The SMILES string of the molecule is CN1CCN(Cc2ccc3c(n2)oc2c(N4CCOCC4)nc(-c4cc(F)cc5[nH]ncc45)nc23)CC1. The van der Waals surface area contributed by atoms with Crippen LogP contribution < -0.4 is 4.90 Å². The van der Waals surface area contributed by atoms with Crippen molar-refractivity contribution >= 4 is 38.9 Å². The van der Waals surface area contributed by atoms with Crippen LogP contribution in [0.15, 0.2) is 34.9 Å². The molecule has 37 heavy (non-hydrogen) atoms. The zero-order chi connectivity index (χ0) is 24.9. The second-order valence-electron chi connectivity index (χ2n) is 9.77. The molecule has 7 rings (SSSR count). The van der Waals surface area contributed by atoms with Gasteiger partial charge in [0.1, 0.15) is 11.3 Å². The summed E-state index contributed by atoms with van der Waals surface area (Å²) in [7, 11) is 2.15. The molecule has 2 aliphatic rings. The summed E-state index contributed by atoms with van der Waals surface area (Å²) in [5.74, 6) is 0.711. The van der Waals surface area contributed by atoms with Gasteiger partial charge in [0, 0.05) is 56.8 Å². The molecule has 1 aromatic carbocycles. The first kappa shape index (κ1) is 22.5. The quantitative estimate of drug-likeness (QED) is 0.398. The van der Waals surface area contributed by atoms with E-state index in [1.54, 1.807) is 6.20 Å². The van der Waals surface area contributed by atoms with Crippen LogP contribution >= 0.6 is 0 Å². The van der Waals surface area contributed by atoms with E-state index in [1.807, 2.05) is 12.1 Å². The number of H-pyrrole nitrogens is 1. The number of nitrogens with zero attached hydrogens (tertiary/aromatic N) is 7. The molecule has 5 aromatic rings. The standard InChI is InChI=1S/C26H27FN8O2/c1-33-4-6-34(7-5-33)15-17-2-3-18-22-23(37-26(18)29-17)25(35-8-10-36-11-9-35)31-24(30-22)19-12-16(27)13-21-20(19)14-28-32-21/h2-3,12-14H,4-11,15H2,1H3,(H,28,32). The zero-order valence-electron chi connectivity index (χ0n) is 20.6. The average Bonchev–Trinajstić information content (AvgIpc) is 3.53. The van der Waals surface area contributed by atoms with Gasteiger partial charge in [0.25, 0.3) is 0 Å². The fraction of sp³-hybridized carbons (Fsp3) is 0.385. The molecule has 2 saturated heterocycles. The van der Waals surface area contributed by atoms with Crippen LogP contribution in [0.2, 0.25) is 0 Å². The molecular weight excluding hydrogens is 475 g/mol. The number of ether oxygens (including phenoxy) is 1. The lowest BCUT2D eigenvalue weighted by Crippen LogP contribution is -2.43. The maximum atomic E-state index is 14.5. The number of furan rings is 1. The summed E-state index contributed by atoms with van der Waals surface area (Å²) in [5, 5.41) is 8.51. The minimum absolute atomic E-state index is 0.379. The molecule has 10 nitrogen and oxygen atoms in total.